The molecule has 11 heteroatoms. The molecule has 2 N–H and O–H groups in total. The Morgan fingerprint density at radius 3 is 2.41 bits per heavy atom. The van der Waals surface area contributed by atoms with Crippen molar-refractivity contribution < 1.29 is 35.9 Å². The van der Waals surface area contributed by atoms with E-state index in [1.807, 2.05) is 0 Å². The van der Waals surface area contributed by atoms with Gasteiger partial charge in [0.1, 0.15) is 19.5 Å². The van der Waals surface area contributed by atoms with Gasteiger partial charge in [-0.25, -0.2) is 8.42 Å². The molecule has 0 saturated heterocycles. The van der Waals surface area contributed by atoms with Crippen molar-refractivity contribution in [1.82, 2.24) is 0 Å². The van der Waals surface area contributed by atoms with Crippen molar-refractivity contribution in [3.63, 3.8) is 0 Å². The van der Waals surface area contributed by atoms with Crippen LogP contribution in [0.25, 0.3) is 0 Å². The first-order valence-corrected chi connectivity index (χ1v) is 9.69. The van der Waals surface area contributed by atoms with E-state index in [0.29, 0.717) is 12.7 Å². The van der Waals surface area contributed by atoms with Gasteiger partial charge in [0, 0.05) is 11.4 Å². The SMILES string of the molecule is O=C(Nc1cccc(S(=O)(=O)Nc2cccc(C(F)(F)F)c2)c1)C1=COCCO1. The van der Waals surface area contributed by atoms with E-state index in [4.69, 9.17) is 9.47 Å². The molecule has 0 atom stereocenters. The number of sulfonamides is 1. The van der Waals surface area contributed by atoms with Gasteiger partial charge in [0.05, 0.1) is 10.5 Å². The third-order valence-electron chi connectivity index (χ3n) is 3.72. The molecule has 0 bridgehead atoms. The van der Waals surface area contributed by atoms with Crippen molar-refractivity contribution in [3.8, 4) is 0 Å². The number of ether oxygens (including phenoxy) is 2. The van der Waals surface area contributed by atoms with Gasteiger partial charge in [-0.2, -0.15) is 13.2 Å². The van der Waals surface area contributed by atoms with Crippen molar-refractivity contribution in [2.24, 2.45) is 0 Å². The summed E-state index contributed by atoms with van der Waals surface area (Å²) in [6.07, 6.45) is -3.46. The lowest BCUT2D eigenvalue weighted by molar-refractivity contribution is -0.137. The van der Waals surface area contributed by atoms with Gasteiger partial charge in [-0.1, -0.05) is 12.1 Å². The Morgan fingerprint density at radius 2 is 1.72 bits per heavy atom. The lowest BCUT2D eigenvalue weighted by atomic mass is 10.2. The molecule has 0 fully saturated rings. The van der Waals surface area contributed by atoms with Gasteiger partial charge in [-0.15, -0.1) is 0 Å². The van der Waals surface area contributed by atoms with E-state index >= 15 is 0 Å². The van der Waals surface area contributed by atoms with Gasteiger partial charge in [0.15, 0.2) is 0 Å². The van der Waals surface area contributed by atoms with Crippen LogP contribution in [0.1, 0.15) is 5.56 Å². The van der Waals surface area contributed by atoms with Crippen molar-refractivity contribution in [2.75, 3.05) is 23.3 Å². The minimum atomic E-state index is -4.61. The van der Waals surface area contributed by atoms with Crippen molar-refractivity contribution in [1.29, 1.82) is 0 Å². The number of alkyl halides is 3. The summed E-state index contributed by atoms with van der Waals surface area (Å²) in [4.78, 5) is 11.8. The zero-order valence-electron chi connectivity index (χ0n) is 14.7. The molecule has 1 amide bonds. The van der Waals surface area contributed by atoms with Crippen molar-refractivity contribution in [3.05, 3.63) is 66.1 Å². The van der Waals surface area contributed by atoms with E-state index in [9.17, 15) is 26.4 Å². The quantitative estimate of drug-likeness (QED) is 0.762. The van der Waals surface area contributed by atoms with Crippen LogP contribution in [0.3, 0.4) is 0 Å². The topological polar surface area (TPSA) is 93.7 Å². The van der Waals surface area contributed by atoms with Gasteiger partial charge in [-0.3, -0.25) is 9.52 Å². The number of hydrogen-bond acceptors (Lipinski definition) is 5. The monoisotopic (exact) mass is 428 g/mol. The largest absolute Gasteiger partial charge is 0.494 e. The number of hydrogen-bond donors (Lipinski definition) is 2. The normalized spacial score (nSPS) is 14.2. The fraction of sp³-hybridized carbons (Fsp3) is 0.167. The highest BCUT2D eigenvalue weighted by Crippen LogP contribution is 2.31. The summed E-state index contributed by atoms with van der Waals surface area (Å²) in [5.74, 6) is -0.698. The van der Waals surface area contributed by atoms with Crippen LogP contribution >= 0.6 is 0 Å². The zero-order chi connectivity index (χ0) is 21.1. The minimum Gasteiger partial charge on any atom is -0.494 e. The van der Waals surface area contributed by atoms with E-state index in [2.05, 4.69) is 10.0 Å². The summed E-state index contributed by atoms with van der Waals surface area (Å²) in [5, 5.41) is 2.46. The van der Waals surface area contributed by atoms with Gasteiger partial charge in [0.25, 0.3) is 15.9 Å². The molecular formula is C18H15F3N2O5S. The molecule has 3 rings (SSSR count). The number of anilines is 2. The van der Waals surface area contributed by atoms with E-state index in [1.165, 1.54) is 24.3 Å². The second kappa shape index (κ2) is 8.03. The summed E-state index contributed by atoms with van der Waals surface area (Å²) in [7, 11) is -4.20. The second-order valence-electron chi connectivity index (χ2n) is 5.87. The molecule has 1 heterocycles. The summed E-state index contributed by atoms with van der Waals surface area (Å²) in [6.45, 7) is 0.514. The van der Waals surface area contributed by atoms with Gasteiger partial charge >= 0.3 is 6.18 Å². The molecule has 0 spiro atoms. The van der Waals surface area contributed by atoms with Crippen molar-refractivity contribution >= 4 is 27.3 Å². The van der Waals surface area contributed by atoms with E-state index in [0.717, 1.165) is 24.5 Å². The molecule has 2 aromatic rings. The lowest BCUT2D eigenvalue weighted by Crippen LogP contribution is -2.21. The Kier molecular flexibility index (Phi) is 5.69. The lowest BCUT2D eigenvalue weighted by Gasteiger charge is -2.15. The zero-order valence-corrected chi connectivity index (χ0v) is 15.5. The summed E-state index contributed by atoms with van der Waals surface area (Å²) in [6, 6.07) is 9.05. The predicted octanol–water partition coefficient (Wildman–Crippen LogP) is 3.33. The van der Waals surface area contributed by atoms with Crippen molar-refractivity contribution in [2.45, 2.75) is 11.1 Å². The highest BCUT2D eigenvalue weighted by molar-refractivity contribution is 7.92. The number of carbonyl (C=O) groups is 1. The third-order valence-corrected chi connectivity index (χ3v) is 5.10. The van der Waals surface area contributed by atoms with Crippen LogP contribution in [0.5, 0.6) is 0 Å². The maximum Gasteiger partial charge on any atom is 0.416 e. The van der Waals surface area contributed by atoms with E-state index in [1.54, 1.807) is 0 Å². The Morgan fingerprint density at radius 1 is 1.00 bits per heavy atom. The molecule has 1 aliphatic heterocycles. The highest BCUT2D eigenvalue weighted by Gasteiger charge is 2.30. The van der Waals surface area contributed by atoms with Crippen LogP contribution in [0.15, 0.2) is 65.4 Å². The molecule has 2 aromatic carbocycles. The Labute approximate surface area is 164 Å². The van der Waals surface area contributed by atoms with Gasteiger partial charge in [-0.05, 0) is 36.4 Å². The van der Waals surface area contributed by atoms with Crippen LogP contribution in [0.4, 0.5) is 24.5 Å². The average molecular weight is 428 g/mol. The van der Waals surface area contributed by atoms with Gasteiger partial charge < -0.3 is 14.8 Å². The smallest absolute Gasteiger partial charge is 0.416 e. The van der Waals surface area contributed by atoms with Crippen LogP contribution in [0.2, 0.25) is 0 Å². The van der Waals surface area contributed by atoms with E-state index < -0.39 is 27.7 Å². The van der Waals surface area contributed by atoms with Crippen LogP contribution in [-0.2, 0) is 30.5 Å². The molecule has 0 unspecified atom stereocenters. The van der Waals surface area contributed by atoms with Crippen LogP contribution < -0.4 is 10.0 Å². The molecule has 154 valence electrons. The molecule has 29 heavy (non-hydrogen) atoms. The van der Waals surface area contributed by atoms with E-state index in [-0.39, 0.29) is 28.6 Å². The number of amides is 1. The summed E-state index contributed by atoms with van der Waals surface area (Å²) >= 11 is 0. The molecule has 0 aromatic heterocycles. The van der Waals surface area contributed by atoms with Crippen LogP contribution in [-0.4, -0.2) is 27.5 Å². The maximum absolute atomic E-state index is 12.8. The average Bonchev–Trinajstić information content (AvgIpc) is 2.68. The number of nitrogens with one attached hydrogen (secondary N) is 2. The summed E-state index contributed by atoms with van der Waals surface area (Å²) in [5.41, 5.74) is -1.08. The molecule has 7 nitrogen and oxygen atoms in total. The molecule has 1 aliphatic rings. The van der Waals surface area contributed by atoms with Gasteiger partial charge in [0.2, 0.25) is 5.76 Å². The minimum absolute atomic E-state index is 0.0633. The standard InChI is InChI=1S/C18H15F3N2O5S/c19-18(20,21)12-3-1-5-14(9-12)23-29(25,26)15-6-2-4-13(10-15)22-17(24)16-11-27-7-8-28-16/h1-6,9-11,23H,7-8H2,(H,22,24). The third kappa shape index (κ3) is 5.19. The number of carbonyl (C=O) groups excluding carboxylic acids is 1. The number of rotatable bonds is 5. The Bertz CT molecular complexity index is 1050. The molecular weight excluding hydrogens is 413 g/mol. The second-order valence-corrected chi connectivity index (χ2v) is 7.55. The molecule has 0 saturated carbocycles. The predicted molar refractivity (Wildman–Crippen MR) is 97.3 cm³/mol. The number of halogens is 3. The Hall–Kier alpha value is -3.21. The highest BCUT2D eigenvalue weighted by atomic mass is 32.2. The molecule has 0 aliphatic carbocycles. The Balaban J connectivity index is 1.78. The first-order chi connectivity index (χ1) is 13.6. The fourth-order valence-electron chi connectivity index (χ4n) is 2.39. The number of benzene rings is 2. The first-order valence-electron chi connectivity index (χ1n) is 8.21. The fourth-order valence-corrected chi connectivity index (χ4v) is 3.49. The first kappa shape index (κ1) is 20.5. The molecule has 0 radical (unpaired) electrons. The van der Waals surface area contributed by atoms with Crippen LogP contribution in [0, 0.1) is 0 Å². The summed E-state index contributed by atoms with van der Waals surface area (Å²) < 4.78 is 75.7. The maximum atomic E-state index is 12.8.